The maximum atomic E-state index is 12.5. The average Bonchev–Trinajstić information content (AvgIpc) is 2.79. The Morgan fingerprint density at radius 3 is 2.56 bits per heavy atom. The lowest BCUT2D eigenvalue weighted by Gasteiger charge is -2.29. The van der Waals surface area contributed by atoms with Gasteiger partial charge in [0.05, 0.1) is 0 Å². The van der Waals surface area contributed by atoms with Crippen molar-refractivity contribution in [1.82, 2.24) is 0 Å². The molecule has 3 heteroatoms. The minimum atomic E-state index is -0.201. The van der Waals surface area contributed by atoms with E-state index in [0.29, 0.717) is 18.7 Å². The van der Waals surface area contributed by atoms with Crippen molar-refractivity contribution in [3.8, 4) is 0 Å². The molecule has 1 aromatic rings. The Bertz CT molecular complexity index is 364. The Balaban J connectivity index is 1.95. The van der Waals surface area contributed by atoms with Crippen molar-refractivity contribution >= 4 is 17.1 Å². The van der Waals surface area contributed by atoms with Crippen molar-refractivity contribution in [2.24, 2.45) is 11.1 Å². The van der Waals surface area contributed by atoms with Crippen molar-refractivity contribution in [2.75, 3.05) is 6.54 Å². The van der Waals surface area contributed by atoms with E-state index in [0.717, 1.165) is 19.3 Å². The summed E-state index contributed by atoms with van der Waals surface area (Å²) in [6.45, 7) is 0.538. The van der Waals surface area contributed by atoms with E-state index >= 15 is 0 Å². The lowest BCUT2D eigenvalue weighted by atomic mass is 9.75. The van der Waals surface area contributed by atoms with E-state index in [9.17, 15) is 4.79 Å². The van der Waals surface area contributed by atoms with Crippen molar-refractivity contribution in [3.05, 3.63) is 22.4 Å². The van der Waals surface area contributed by atoms with Crippen molar-refractivity contribution < 1.29 is 4.79 Å². The van der Waals surface area contributed by atoms with Gasteiger partial charge in [0.2, 0.25) is 0 Å². The number of aryl methyl sites for hydroxylation is 1. The summed E-state index contributed by atoms with van der Waals surface area (Å²) in [4.78, 5) is 13.8. The number of carbonyl (C=O) groups is 1. The molecule has 1 aliphatic rings. The zero-order valence-corrected chi connectivity index (χ0v) is 11.8. The van der Waals surface area contributed by atoms with Gasteiger partial charge in [-0.1, -0.05) is 31.7 Å². The van der Waals surface area contributed by atoms with Crippen LogP contribution in [0.1, 0.15) is 49.8 Å². The quantitative estimate of drug-likeness (QED) is 0.827. The minimum Gasteiger partial charge on any atom is -0.329 e. The fourth-order valence-electron chi connectivity index (χ4n) is 2.96. The topological polar surface area (TPSA) is 43.1 Å². The van der Waals surface area contributed by atoms with Crippen LogP contribution in [0.25, 0.3) is 0 Å². The highest BCUT2D eigenvalue weighted by atomic mass is 32.1. The SMILES string of the molecule is NCC1(C(=O)CCc2cccs2)CCCCCC1. The van der Waals surface area contributed by atoms with Crippen LogP contribution in [0.2, 0.25) is 0 Å². The number of ketones is 1. The Morgan fingerprint density at radius 2 is 2.00 bits per heavy atom. The minimum absolute atomic E-state index is 0.201. The number of rotatable bonds is 5. The molecule has 1 aliphatic carbocycles. The van der Waals surface area contributed by atoms with Gasteiger partial charge in [-0.2, -0.15) is 0 Å². The first-order chi connectivity index (χ1) is 8.77. The maximum absolute atomic E-state index is 12.5. The van der Waals surface area contributed by atoms with Gasteiger partial charge in [-0.25, -0.2) is 0 Å². The first-order valence-electron chi connectivity index (χ1n) is 7.03. The molecule has 1 aromatic heterocycles. The second kappa shape index (κ2) is 6.48. The molecule has 0 saturated heterocycles. The summed E-state index contributed by atoms with van der Waals surface area (Å²) in [5, 5.41) is 2.07. The highest BCUT2D eigenvalue weighted by Crippen LogP contribution is 2.36. The number of carbonyl (C=O) groups excluding carboxylic acids is 1. The second-order valence-corrected chi connectivity index (χ2v) is 6.43. The van der Waals surface area contributed by atoms with Gasteiger partial charge in [-0.3, -0.25) is 4.79 Å². The first-order valence-corrected chi connectivity index (χ1v) is 7.90. The molecule has 2 rings (SSSR count). The normalized spacial score (nSPS) is 19.4. The van der Waals surface area contributed by atoms with E-state index in [1.54, 1.807) is 11.3 Å². The third-order valence-corrected chi connectivity index (χ3v) is 5.16. The molecule has 1 heterocycles. The maximum Gasteiger partial charge on any atom is 0.140 e. The zero-order chi connectivity index (χ0) is 12.8. The van der Waals surface area contributed by atoms with Gasteiger partial charge in [-0.15, -0.1) is 11.3 Å². The number of Topliss-reactive ketones (excluding diaryl/α,β-unsaturated/α-hetero) is 1. The molecule has 0 spiro atoms. The molecule has 0 aliphatic heterocycles. The molecule has 2 nitrogen and oxygen atoms in total. The monoisotopic (exact) mass is 265 g/mol. The summed E-state index contributed by atoms with van der Waals surface area (Å²) in [7, 11) is 0. The molecule has 0 amide bonds. The van der Waals surface area contributed by atoms with Gasteiger partial charge >= 0.3 is 0 Å². The highest BCUT2D eigenvalue weighted by Gasteiger charge is 2.36. The number of thiophene rings is 1. The fourth-order valence-corrected chi connectivity index (χ4v) is 3.67. The van der Waals surface area contributed by atoms with E-state index in [1.165, 1.54) is 30.6 Å². The lowest BCUT2D eigenvalue weighted by Crippen LogP contribution is -2.38. The van der Waals surface area contributed by atoms with Crippen molar-refractivity contribution in [1.29, 1.82) is 0 Å². The predicted molar refractivity (Wildman–Crippen MR) is 76.8 cm³/mol. The third-order valence-electron chi connectivity index (χ3n) is 4.22. The van der Waals surface area contributed by atoms with Crippen LogP contribution < -0.4 is 5.73 Å². The molecule has 1 saturated carbocycles. The number of nitrogens with two attached hydrogens (primary N) is 1. The Kier molecular flexibility index (Phi) is 4.95. The Hall–Kier alpha value is -0.670. The van der Waals surface area contributed by atoms with Crippen LogP contribution in [0.3, 0.4) is 0 Å². The summed E-state index contributed by atoms with van der Waals surface area (Å²) < 4.78 is 0. The molecule has 0 atom stereocenters. The van der Waals surface area contributed by atoms with E-state index in [2.05, 4.69) is 17.5 Å². The number of hydrogen-bond acceptors (Lipinski definition) is 3. The van der Waals surface area contributed by atoms with E-state index in [1.807, 2.05) is 0 Å². The molecule has 18 heavy (non-hydrogen) atoms. The Labute approximate surface area is 114 Å². The van der Waals surface area contributed by atoms with Crippen LogP contribution in [0.15, 0.2) is 17.5 Å². The predicted octanol–water partition coefficient (Wildman–Crippen LogP) is 3.55. The van der Waals surface area contributed by atoms with Crippen LogP contribution in [0.4, 0.5) is 0 Å². The second-order valence-electron chi connectivity index (χ2n) is 5.40. The summed E-state index contributed by atoms with van der Waals surface area (Å²) in [6.07, 6.45) is 8.43. The lowest BCUT2D eigenvalue weighted by molar-refractivity contribution is -0.129. The van der Waals surface area contributed by atoms with Crippen LogP contribution in [-0.2, 0) is 11.2 Å². The molecule has 1 fully saturated rings. The summed E-state index contributed by atoms with van der Waals surface area (Å²) in [6, 6.07) is 4.16. The molecular weight excluding hydrogens is 242 g/mol. The van der Waals surface area contributed by atoms with Gasteiger partial charge in [-0.05, 0) is 30.7 Å². The average molecular weight is 265 g/mol. The highest BCUT2D eigenvalue weighted by molar-refractivity contribution is 7.09. The van der Waals surface area contributed by atoms with E-state index < -0.39 is 0 Å². The van der Waals surface area contributed by atoms with Crippen LogP contribution in [0, 0.1) is 5.41 Å². The molecule has 0 bridgehead atoms. The van der Waals surface area contributed by atoms with Gasteiger partial charge < -0.3 is 5.73 Å². The van der Waals surface area contributed by atoms with Gasteiger partial charge in [0.15, 0.2) is 0 Å². The molecule has 0 unspecified atom stereocenters. The summed E-state index contributed by atoms with van der Waals surface area (Å²) in [5.41, 5.74) is 5.74. The molecular formula is C15H23NOS. The van der Waals surface area contributed by atoms with Gasteiger partial charge in [0.1, 0.15) is 5.78 Å². The standard InChI is InChI=1S/C15H23NOS/c16-12-15(9-3-1-2-4-10-15)14(17)8-7-13-6-5-11-18-13/h5-6,11H,1-4,7-10,12,16H2. The molecule has 100 valence electrons. The van der Waals surface area contributed by atoms with Gasteiger partial charge in [0.25, 0.3) is 0 Å². The smallest absolute Gasteiger partial charge is 0.140 e. The first kappa shape index (κ1) is 13.8. The Morgan fingerprint density at radius 1 is 1.28 bits per heavy atom. The van der Waals surface area contributed by atoms with Crippen molar-refractivity contribution in [2.45, 2.75) is 51.4 Å². The van der Waals surface area contributed by atoms with Crippen LogP contribution in [-0.4, -0.2) is 12.3 Å². The third kappa shape index (κ3) is 3.21. The van der Waals surface area contributed by atoms with E-state index in [4.69, 9.17) is 5.73 Å². The molecule has 2 N–H and O–H groups in total. The van der Waals surface area contributed by atoms with Crippen LogP contribution in [0.5, 0.6) is 0 Å². The largest absolute Gasteiger partial charge is 0.329 e. The van der Waals surface area contributed by atoms with Crippen molar-refractivity contribution in [3.63, 3.8) is 0 Å². The zero-order valence-electron chi connectivity index (χ0n) is 11.0. The molecule has 0 aromatic carbocycles. The fraction of sp³-hybridized carbons (Fsp3) is 0.667. The van der Waals surface area contributed by atoms with E-state index in [-0.39, 0.29) is 5.41 Å². The van der Waals surface area contributed by atoms with Gasteiger partial charge in [0, 0.05) is 23.3 Å². The number of hydrogen-bond donors (Lipinski definition) is 1. The summed E-state index contributed by atoms with van der Waals surface area (Å²) in [5.74, 6) is 0.403. The summed E-state index contributed by atoms with van der Waals surface area (Å²) >= 11 is 1.74. The molecule has 0 radical (unpaired) electrons. The van der Waals surface area contributed by atoms with Crippen LogP contribution >= 0.6 is 11.3 Å².